The predicted octanol–water partition coefficient (Wildman–Crippen LogP) is 1.65. The fraction of sp³-hybridized carbons (Fsp3) is 0.235. The summed E-state index contributed by atoms with van der Waals surface area (Å²) in [6, 6.07) is 9.62. The van der Waals surface area contributed by atoms with Gasteiger partial charge in [0.15, 0.2) is 4.75 Å². The van der Waals surface area contributed by atoms with Crippen molar-refractivity contribution in [2.75, 3.05) is 7.11 Å². The van der Waals surface area contributed by atoms with Crippen LogP contribution in [0.3, 0.4) is 0 Å². The van der Waals surface area contributed by atoms with Crippen molar-refractivity contribution in [3.8, 4) is 0 Å². The van der Waals surface area contributed by atoms with Gasteiger partial charge < -0.3 is 4.74 Å². The molecule has 0 N–H and O–H groups in total. The van der Waals surface area contributed by atoms with Crippen molar-refractivity contribution in [3.05, 3.63) is 47.5 Å². The minimum absolute atomic E-state index is 0.128. The second-order valence-electron chi connectivity index (χ2n) is 6.14. The molecule has 0 bridgehead atoms. The lowest BCUT2D eigenvalue weighted by molar-refractivity contribution is -0.143. The van der Waals surface area contributed by atoms with Crippen molar-refractivity contribution in [2.24, 2.45) is 0 Å². The number of hydrogen-bond donors (Lipinski definition) is 0. The summed E-state index contributed by atoms with van der Waals surface area (Å²) in [5, 5.41) is 1.26. The van der Waals surface area contributed by atoms with E-state index in [9.17, 15) is 22.8 Å². The first-order valence-corrected chi connectivity index (χ1v) is 8.95. The number of carbonyl (C=O) groups is 3. The van der Waals surface area contributed by atoms with Crippen molar-refractivity contribution in [1.29, 1.82) is 0 Å². The minimum Gasteiger partial charge on any atom is -0.468 e. The number of nitrogens with zero attached hydrogens (tertiary/aromatic N) is 1. The molecule has 2 aromatic rings. The average molecular weight is 377 g/mol. The van der Waals surface area contributed by atoms with Crippen LogP contribution in [0, 0.1) is 0 Å². The predicted molar refractivity (Wildman–Crippen MR) is 90.5 cm³/mol. The highest BCUT2D eigenvalue weighted by molar-refractivity contribution is 7.88. The largest absolute Gasteiger partial charge is 0.468 e. The quantitative estimate of drug-likeness (QED) is 0.589. The number of amides is 2. The number of rotatable bonds is 4. The standard InChI is InChI=1S/C17H15NO7S/c1-17(2,16(21)24-3)26(22,23)25-18-14(19)11-8-4-6-10-7-5-9-12(13(10)11)15(18)20/h4-9H,1-3H3. The van der Waals surface area contributed by atoms with Crippen LogP contribution in [-0.4, -0.2) is 43.1 Å². The van der Waals surface area contributed by atoms with Crippen molar-refractivity contribution in [3.63, 3.8) is 0 Å². The second-order valence-corrected chi connectivity index (χ2v) is 8.22. The fourth-order valence-electron chi connectivity index (χ4n) is 2.62. The van der Waals surface area contributed by atoms with Crippen LogP contribution in [0.5, 0.6) is 0 Å². The summed E-state index contributed by atoms with van der Waals surface area (Å²) in [5.74, 6) is -2.94. The van der Waals surface area contributed by atoms with E-state index in [0.717, 1.165) is 21.0 Å². The van der Waals surface area contributed by atoms with E-state index in [1.807, 2.05) is 0 Å². The van der Waals surface area contributed by atoms with Crippen molar-refractivity contribution in [2.45, 2.75) is 18.6 Å². The zero-order valence-corrected chi connectivity index (χ0v) is 15.0. The summed E-state index contributed by atoms with van der Waals surface area (Å²) in [4.78, 5) is 37.1. The van der Waals surface area contributed by atoms with Gasteiger partial charge in [-0.1, -0.05) is 24.3 Å². The lowest BCUT2D eigenvalue weighted by atomic mass is 9.95. The van der Waals surface area contributed by atoms with Gasteiger partial charge in [-0.25, -0.2) is 0 Å². The maximum absolute atomic E-state index is 12.7. The summed E-state index contributed by atoms with van der Waals surface area (Å²) in [5.41, 5.74) is 0.257. The molecule has 0 atom stereocenters. The Labute approximate surface area is 149 Å². The number of hydrogen-bond acceptors (Lipinski definition) is 7. The molecular weight excluding hydrogens is 362 g/mol. The van der Waals surface area contributed by atoms with Gasteiger partial charge in [-0.2, -0.15) is 8.42 Å². The third-order valence-electron chi connectivity index (χ3n) is 4.21. The molecular formula is C17H15NO7S. The molecule has 2 aromatic carbocycles. The Morgan fingerprint density at radius 3 is 1.96 bits per heavy atom. The lowest BCUT2D eigenvalue weighted by Crippen LogP contribution is -2.49. The second kappa shape index (κ2) is 5.89. The molecule has 3 rings (SSSR count). The number of ether oxygens (including phenoxy) is 1. The van der Waals surface area contributed by atoms with Crippen LogP contribution < -0.4 is 0 Å². The van der Waals surface area contributed by atoms with Crippen molar-refractivity contribution in [1.82, 2.24) is 5.06 Å². The van der Waals surface area contributed by atoms with Gasteiger partial charge >= 0.3 is 16.1 Å². The molecule has 0 fully saturated rings. The minimum atomic E-state index is -4.70. The molecule has 0 saturated carbocycles. The van der Waals surface area contributed by atoms with Gasteiger partial charge in [0, 0.05) is 5.39 Å². The van der Waals surface area contributed by atoms with Crippen LogP contribution in [0.2, 0.25) is 0 Å². The highest BCUT2D eigenvalue weighted by Crippen LogP contribution is 2.32. The van der Waals surface area contributed by atoms with Gasteiger partial charge in [0.1, 0.15) is 0 Å². The van der Waals surface area contributed by atoms with Gasteiger partial charge in [0.2, 0.25) is 0 Å². The van der Waals surface area contributed by atoms with E-state index in [2.05, 4.69) is 4.74 Å². The van der Waals surface area contributed by atoms with Crippen LogP contribution >= 0.6 is 0 Å². The Hall–Kier alpha value is -2.78. The first-order valence-electron chi connectivity index (χ1n) is 7.55. The Kier molecular flexibility index (Phi) is 4.08. The van der Waals surface area contributed by atoms with Gasteiger partial charge in [0.25, 0.3) is 11.8 Å². The average Bonchev–Trinajstić information content (AvgIpc) is 2.62. The molecule has 1 aliphatic rings. The molecule has 8 nitrogen and oxygen atoms in total. The maximum atomic E-state index is 12.7. The van der Waals surface area contributed by atoms with Crippen LogP contribution in [-0.2, 0) is 23.9 Å². The zero-order chi connectivity index (χ0) is 19.3. The number of carbonyl (C=O) groups excluding carboxylic acids is 3. The van der Waals surface area contributed by atoms with E-state index in [4.69, 9.17) is 4.28 Å². The van der Waals surface area contributed by atoms with Crippen molar-refractivity contribution >= 4 is 38.7 Å². The summed E-state index contributed by atoms with van der Waals surface area (Å²) in [7, 11) is -3.68. The first-order chi connectivity index (χ1) is 12.1. The first kappa shape index (κ1) is 18.0. The molecule has 0 unspecified atom stereocenters. The molecule has 0 spiro atoms. The molecule has 26 heavy (non-hydrogen) atoms. The van der Waals surface area contributed by atoms with Crippen LogP contribution in [0.15, 0.2) is 36.4 Å². The van der Waals surface area contributed by atoms with E-state index in [1.54, 1.807) is 24.3 Å². The van der Waals surface area contributed by atoms with Crippen LogP contribution in [0.4, 0.5) is 0 Å². The van der Waals surface area contributed by atoms with Crippen molar-refractivity contribution < 1.29 is 31.8 Å². The smallest absolute Gasteiger partial charge is 0.329 e. The van der Waals surface area contributed by atoms with Gasteiger partial charge in [-0.15, -0.1) is 9.35 Å². The summed E-state index contributed by atoms with van der Waals surface area (Å²) >= 11 is 0. The number of esters is 1. The Morgan fingerprint density at radius 2 is 1.50 bits per heavy atom. The topological polar surface area (TPSA) is 107 Å². The highest BCUT2D eigenvalue weighted by Gasteiger charge is 2.48. The number of methoxy groups -OCH3 is 1. The van der Waals surface area contributed by atoms with E-state index >= 15 is 0 Å². The molecule has 9 heteroatoms. The monoisotopic (exact) mass is 377 g/mol. The van der Waals surface area contributed by atoms with E-state index in [1.165, 1.54) is 12.1 Å². The van der Waals surface area contributed by atoms with Gasteiger partial charge in [0.05, 0.1) is 18.2 Å². The van der Waals surface area contributed by atoms with E-state index < -0.39 is 32.6 Å². The fourth-order valence-corrected chi connectivity index (χ4v) is 3.42. The Morgan fingerprint density at radius 1 is 1.00 bits per heavy atom. The highest BCUT2D eigenvalue weighted by atomic mass is 32.2. The maximum Gasteiger partial charge on any atom is 0.329 e. The molecule has 2 amide bonds. The zero-order valence-electron chi connectivity index (χ0n) is 14.2. The van der Waals surface area contributed by atoms with E-state index in [-0.39, 0.29) is 16.2 Å². The summed E-state index contributed by atoms with van der Waals surface area (Å²) in [6.45, 7) is 2.11. The Bertz CT molecular complexity index is 1010. The Balaban J connectivity index is 2.08. The lowest BCUT2D eigenvalue weighted by Gasteiger charge is -2.28. The summed E-state index contributed by atoms with van der Waals surface area (Å²) < 4.78 is 32.1. The van der Waals surface area contributed by atoms with Gasteiger partial charge in [-0.05, 0) is 31.4 Å². The third-order valence-corrected chi connectivity index (χ3v) is 5.97. The van der Waals surface area contributed by atoms with E-state index in [0.29, 0.717) is 10.8 Å². The molecule has 1 heterocycles. The molecule has 0 radical (unpaired) electrons. The number of imide groups is 1. The van der Waals surface area contributed by atoms with Crippen LogP contribution in [0.1, 0.15) is 34.6 Å². The molecule has 0 aromatic heterocycles. The SMILES string of the molecule is COC(=O)C(C)(C)S(=O)(=O)ON1C(=O)c2cccc3cccc(c23)C1=O. The third kappa shape index (κ3) is 2.47. The normalized spacial score (nSPS) is 14.7. The summed E-state index contributed by atoms with van der Waals surface area (Å²) in [6.07, 6.45) is 0. The molecule has 0 aliphatic carbocycles. The number of hydroxylamine groups is 2. The van der Waals surface area contributed by atoms with Gasteiger partial charge in [-0.3, -0.25) is 14.4 Å². The molecule has 1 aliphatic heterocycles. The molecule has 0 saturated heterocycles. The number of benzene rings is 2. The molecule has 136 valence electrons. The van der Waals surface area contributed by atoms with Crippen LogP contribution in [0.25, 0.3) is 10.8 Å².